The maximum Gasteiger partial charge on any atom is 0.0503 e. The first kappa shape index (κ1) is 16.0. The Hall–Kier alpha value is -0.420. The van der Waals surface area contributed by atoms with Crippen molar-refractivity contribution >= 4 is 15.9 Å². The zero-order valence-corrected chi connectivity index (χ0v) is 14.0. The molecule has 0 aliphatic carbocycles. The van der Waals surface area contributed by atoms with E-state index in [1.807, 2.05) is 0 Å². The van der Waals surface area contributed by atoms with Gasteiger partial charge >= 0.3 is 0 Å². The molecule has 1 saturated heterocycles. The second-order valence-corrected chi connectivity index (χ2v) is 6.59. The fourth-order valence-electron chi connectivity index (χ4n) is 3.10. The molecule has 2 N–H and O–H groups in total. The van der Waals surface area contributed by atoms with Crippen molar-refractivity contribution in [2.24, 2.45) is 11.7 Å². The number of nitrogens with two attached hydrogens (primary N) is 1. The Labute approximate surface area is 130 Å². The average molecular weight is 341 g/mol. The summed E-state index contributed by atoms with van der Waals surface area (Å²) in [5.74, 6) is 0.641. The van der Waals surface area contributed by atoms with E-state index in [4.69, 9.17) is 10.5 Å². The van der Waals surface area contributed by atoms with E-state index in [9.17, 15) is 0 Å². The number of ether oxygens (including phenoxy) is 1. The molecule has 0 saturated carbocycles. The van der Waals surface area contributed by atoms with Crippen LogP contribution in [-0.2, 0) is 4.74 Å². The molecule has 1 aliphatic heterocycles. The second kappa shape index (κ2) is 7.55. The lowest BCUT2D eigenvalue weighted by Gasteiger charge is -2.33. The Morgan fingerprint density at radius 3 is 2.70 bits per heavy atom. The zero-order valence-electron chi connectivity index (χ0n) is 12.4. The molecule has 1 aromatic rings. The highest BCUT2D eigenvalue weighted by molar-refractivity contribution is 9.10. The van der Waals surface area contributed by atoms with E-state index in [-0.39, 0.29) is 6.04 Å². The van der Waals surface area contributed by atoms with Gasteiger partial charge in [0.05, 0.1) is 6.61 Å². The van der Waals surface area contributed by atoms with Crippen LogP contribution in [0.2, 0.25) is 0 Å². The smallest absolute Gasteiger partial charge is 0.0503 e. The predicted octanol–water partition coefficient (Wildman–Crippen LogP) is 3.20. The Balaban J connectivity index is 2.14. The zero-order chi connectivity index (χ0) is 14.5. The molecule has 1 heterocycles. The molecule has 1 aromatic carbocycles. The molecule has 2 rings (SSSR count). The minimum atomic E-state index is 0.178. The normalized spacial score (nSPS) is 22.9. The van der Waals surface area contributed by atoms with Crippen LogP contribution in [0.3, 0.4) is 0 Å². The summed E-state index contributed by atoms with van der Waals surface area (Å²) >= 11 is 3.50. The van der Waals surface area contributed by atoms with E-state index in [0.717, 1.165) is 30.6 Å². The molecule has 0 radical (unpaired) electrons. The molecule has 4 heteroatoms. The van der Waals surface area contributed by atoms with Crippen LogP contribution < -0.4 is 5.73 Å². The fourth-order valence-corrected chi connectivity index (χ4v) is 3.36. The number of likely N-dealkylation sites (tertiary alicyclic amines) is 1. The molecule has 3 atom stereocenters. The third-order valence-electron chi connectivity index (χ3n) is 4.20. The van der Waals surface area contributed by atoms with Gasteiger partial charge in [-0.05, 0) is 43.0 Å². The number of nitrogens with zero attached hydrogens (tertiary/aromatic N) is 1. The minimum absolute atomic E-state index is 0.178. The third-order valence-corrected chi connectivity index (χ3v) is 4.73. The average Bonchev–Trinajstić information content (AvgIpc) is 2.90. The van der Waals surface area contributed by atoms with E-state index in [1.54, 1.807) is 7.11 Å². The van der Waals surface area contributed by atoms with Crippen molar-refractivity contribution in [2.75, 3.05) is 26.8 Å². The van der Waals surface area contributed by atoms with Crippen molar-refractivity contribution in [2.45, 2.75) is 31.8 Å². The molecule has 0 spiro atoms. The standard InChI is InChI=1S/C16H25BrN2O/c1-3-15(18)16(13-4-6-14(17)7-5-13)19-9-8-12(10-19)11-20-2/h4-7,12,15-16H,3,8-11,18H2,1-2H3. The number of benzene rings is 1. The van der Waals surface area contributed by atoms with Gasteiger partial charge < -0.3 is 10.5 Å². The van der Waals surface area contributed by atoms with Crippen LogP contribution >= 0.6 is 15.9 Å². The van der Waals surface area contributed by atoms with Crippen LogP contribution in [0, 0.1) is 5.92 Å². The monoisotopic (exact) mass is 340 g/mol. The highest BCUT2D eigenvalue weighted by Gasteiger charge is 2.31. The molecule has 20 heavy (non-hydrogen) atoms. The number of halogens is 1. The van der Waals surface area contributed by atoms with E-state index >= 15 is 0 Å². The number of hydrogen-bond donors (Lipinski definition) is 1. The van der Waals surface area contributed by atoms with Gasteiger partial charge in [-0.1, -0.05) is 35.0 Å². The molecule has 0 bridgehead atoms. The van der Waals surface area contributed by atoms with Crippen molar-refractivity contribution in [1.82, 2.24) is 4.90 Å². The molecular formula is C16H25BrN2O. The number of methoxy groups -OCH3 is 1. The first-order chi connectivity index (χ1) is 9.65. The van der Waals surface area contributed by atoms with Crippen molar-refractivity contribution in [1.29, 1.82) is 0 Å². The van der Waals surface area contributed by atoms with Crippen LogP contribution in [0.1, 0.15) is 31.4 Å². The number of rotatable bonds is 6. The minimum Gasteiger partial charge on any atom is -0.384 e. The highest BCUT2D eigenvalue weighted by atomic mass is 79.9. The first-order valence-electron chi connectivity index (χ1n) is 7.39. The van der Waals surface area contributed by atoms with Crippen LogP contribution in [0.25, 0.3) is 0 Å². The summed E-state index contributed by atoms with van der Waals surface area (Å²) in [5, 5.41) is 0. The largest absolute Gasteiger partial charge is 0.384 e. The van der Waals surface area contributed by atoms with Gasteiger partial charge in [-0.25, -0.2) is 0 Å². The van der Waals surface area contributed by atoms with E-state index in [0.29, 0.717) is 12.0 Å². The van der Waals surface area contributed by atoms with E-state index in [2.05, 4.69) is 52.0 Å². The maximum absolute atomic E-state index is 6.40. The Bertz CT molecular complexity index is 409. The molecule has 1 aliphatic rings. The fraction of sp³-hybridized carbons (Fsp3) is 0.625. The van der Waals surface area contributed by atoms with Crippen molar-refractivity contribution in [3.63, 3.8) is 0 Å². The van der Waals surface area contributed by atoms with Gasteiger partial charge in [0, 0.05) is 30.2 Å². The van der Waals surface area contributed by atoms with Crippen LogP contribution in [0.4, 0.5) is 0 Å². The van der Waals surface area contributed by atoms with Crippen molar-refractivity contribution in [3.8, 4) is 0 Å². The number of hydrogen-bond acceptors (Lipinski definition) is 3. The van der Waals surface area contributed by atoms with Gasteiger partial charge in [0.15, 0.2) is 0 Å². The summed E-state index contributed by atoms with van der Waals surface area (Å²) in [6.45, 7) is 5.22. The Kier molecular flexibility index (Phi) is 6.02. The second-order valence-electron chi connectivity index (χ2n) is 5.67. The molecule has 0 aromatic heterocycles. The molecule has 1 fully saturated rings. The van der Waals surface area contributed by atoms with Gasteiger partial charge in [-0.3, -0.25) is 4.90 Å². The van der Waals surface area contributed by atoms with Gasteiger partial charge in [0.25, 0.3) is 0 Å². The Morgan fingerprint density at radius 1 is 1.40 bits per heavy atom. The molecule has 3 unspecified atom stereocenters. The van der Waals surface area contributed by atoms with E-state index in [1.165, 1.54) is 12.0 Å². The highest BCUT2D eigenvalue weighted by Crippen LogP contribution is 2.31. The van der Waals surface area contributed by atoms with Gasteiger partial charge in [0.2, 0.25) is 0 Å². The van der Waals surface area contributed by atoms with Crippen LogP contribution in [-0.4, -0.2) is 37.7 Å². The predicted molar refractivity (Wildman–Crippen MR) is 86.7 cm³/mol. The summed E-state index contributed by atoms with van der Waals surface area (Å²) in [6, 6.07) is 9.08. The van der Waals surface area contributed by atoms with Gasteiger partial charge in [-0.15, -0.1) is 0 Å². The molecule has 3 nitrogen and oxygen atoms in total. The quantitative estimate of drug-likeness (QED) is 0.864. The summed E-state index contributed by atoms with van der Waals surface area (Å²) in [5.41, 5.74) is 7.72. The summed E-state index contributed by atoms with van der Waals surface area (Å²) in [4.78, 5) is 2.53. The van der Waals surface area contributed by atoms with Gasteiger partial charge in [0.1, 0.15) is 0 Å². The Morgan fingerprint density at radius 2 is 2.10 bits per heavy atom. The topological polar surface area (TPSA) is 38.5 Å². The van der Waals surface area contributed by atoms with Crippen LogP contribution in [0.15, 0.2) is 28.7 Å². The molecule has 0 amide bonds. The summed E-state index contributed by atoms with van der Waals surface area (Å²) in [6.07, 6.45) is 2.20. The molecule has 112 valence electrons. The van der Waals surface area contributed by atoms with Crippen molar-refractivity contribution < 1.29 is 4.74 Å². The third kappa shape index (κ3) is 3.82. The van der Waals surface area contributed by atoms with Crippen molar-refractivity contribution in [3.05, 3.63) is 34.3 Å². The maximum atomic E-state index is 6.40. The lowest BCUT2D eigenvalue weighted by atomic mass is 9.96. The SMILES string of the molecule is CCC(N)C(c1ccc(Br)cc1)N1CCC(COC)C1. The lowest BCUT2D eigenvalue weighted by Crippen LogP contribution is -2.40. The van der Waals surface area contributed by atoms with Gasteiger partial charge in [-0.2, -0.15) is 0 Å². The van der Waals surface area contributed by atoms with Crippen LogP contribution in [0.5, 0.6) is 0 Å². The molecular weight excluding hydrogens is 316 g/mol. The summed E-state index contributed by atoms with van der Waals surface area (Å²) in [7, 11) is 1.78. The van der Waals surface area contributed by atoms with E-state index < -0.39 is 0 Å². The first-order valence-corrected chi connectivity index (χ1v) is 8.19. The summed E-state index contributed by atoms with van der Waals surface area (Å²) < 4.78 is 6.41. The lowest BCUT2D eigenvalue weighted by molar-refractivity contribution is 0.142.